The van der Waals surface area contributed by atoms with Gasteiger partial charge >= 0.3 is 0 Å². The number of aliphatic hydroxyl groups is 1. The lowest BCUT2D eigenvalue weighted by Gasteiger charge is -2.37. The van der Waals surface area contributed by atoms with E-state index in [0.29, 0.717) is 23.4 Å². The molecule has 4 N–H and O–H groups in total. The highest BCUT2D eigenvalue weighted by Gasteiger charge is 2.54. The number of carbonyl (C=O) groups is 2. The molecule has 0 aliphatic heterocycles. The third-order valence-corrected chi connectivity index (χ3v) is 11.1. The van der Waals surface area contributed by atoms with Gasteiger partial charge < -0.3 is 20.9 Å². The smallest absolute Gasteiger partial charge is 0.300 e. The highest BCUT2D eigenvalue weighted by molar-refractivity contribution is 6.30. The second-order valence-corrected chi connectivity index (χ2v) is 14.5. The van der Waals surface area contributed by atoms with Crippen LogP contribution in [0, 0.1) is 17.8 Å². The Morgan fingerprint density at radius 1 is 0.837 bits per heavy atom. The highest BCUT2D eigenvalue weighted by Crippen LogP contribution is 2.49. The number of ketones is 1. The van der Waals surface area contributed by atoms with Crippen molar-refractivity contribution in [2.45, 2.75) is 81.6 Å². The molecule has 49 heavy (non-hydrogen) atoms. The molecule has 3 fully saturated rings. The number of carbonyl (C=O) groups excluding carboxylic acids is 2. The Bertz CT molecular complexity index is 1810. The lowest BCUT2D eigenvalue weighted by molar-refractivity contribution is -0.148. The molecule has 4 aromatic carbocycles. The van der Waals surface area contributed by atoms with Crippen LogP contribution in [0.25, 0.3) is 21.9 Å². The number of nitrogens with two attached hydrogens (primary N) is 1. The number of Topliss-reactive ketones (excluding diaryl/α,β-unsaturated/α-hetero) is 1. The van der Waals surface area contributed by atoms with Crippen molar-refractivity contribution >= 4 is 34.1 Å². The highest BCUT2D eigenvalue weighted by atomic mass is 35.5. The Morgan fingerprint density at radius 3 is 2.08 bits per heavy atom. The van der Waals surface area contributed by atoms with Crippen LogP contribution in [0.3, 0.4) is 0 Å². The minimum Gasteiger partial charge on any atom is -0.490 e. The summed E-state index contributed by atoms with van der Waals surface area (Å²) in [7, 11) is 0. The largest absolute Gasteiger partial charge is 0.490 e. The van der Waals surface area contributed by atoms with E-state index in [1.807, 2.05) is 18.2 Å². The van der Waals surface area contributed by atoms with Gasteiger partial charge in [0.05, 0.1) is 6.10 Å². The van der Waals surface area contributed by atoms with Crippen molar-refractivity contribution in [2.24, 2.45) is 23.5 Å². The summed E-state index contributed by atoms with van der Waals surface area (Å²) in [5.74, 6) is -5.64. The first-order valence-electron chi connectivity index (χ1n) is 17.3. The Hall–Kier alpha value is -3.85. The van der Waals surface area contributed by atoms with Gasteiger partial charge in [0.15, 0.2) is 17.9 Å². The Labute approximate surface area is 290 Å². The van der Waals surface area contributed by atoms with Crippen LogP contribution < -0.4 is 15.8 Å². The second kappa shape index (κ2) is 13.8. The molecule has 2 unspecified atom stereocenters. The second-order valence-electron chi connectivity index (χ2n) is 14.1. The van der Waals surface area contributed by atoms with Crippen molar-refractivity contribution in [2.75, 3.05) is 0 Å². The van der Waals surface area contributed by atoms with Crippen LogP contribution in [0.1, 0.15) is 68.6 Å². The van der Waals surface area contributed by atoms with E-state index in [0.717, 1.165) is 60.6 Å². The molecule has 256 valence electrons. The van der Waals surface area contributed by atoms with Crippen molar-refractivity contribution in [3.63, 3.8) is 0 Å². The number of amides is 1. The lowest BCUT2D eigenvalue weighted by Crippen LogP contribution is -2.56. The molecular formula is C40H41ClF2N2O4. The van der Waals surface area contributed by atoms with Crippen LogP contribution in [0.4, 0.5) is 8.78 Å². The van der Waals surface area contributed by atoms with Gasteiger partial charge in [0, 0.05) is 22.5 Å². The predicted molar refractivity (Wildman–Crippen MR) is 186 cm³/mol. The fourth-order valence-corrected chi connectivity index (χ4v) is 8.45. The van der Waals surface area contributed by atoms with E-state index in [-0.39, 0.29) is 29.5 Å². The maximum atomic E-state index is 16.6. The molecule has 0 spiro atoms. The molecule has 6 nitrogen and oxygen atoms in total. The third-order valence-electron chi connectivity index (χ3n) is 10.8. The quantitative estimate of drug-likeness (QED) is 0.156. The zero-order valence-corrected chi connectivity index (χ0v) is 27.9. The van der Waals surface area contributed by atoms with Gasteiger partial charge in [0.1, 0.15) is 5.75 Å². The van der Waals surface area contributed by atoms with E-state index in [4.69, 9.17) is 22.1 Å². The van der Waals surface area contributed by atoms with E-state index in [2.05, 4.69) is 5.32 Å². The van der Waals surface area contributed by atoms with Crippen LogP contribution in [0.5, 0.6) is 5.75 Å². The van der Waals surface area contributed by atoms with Gasteiger partial charge in [-0.3, -0.25) is 9.59 Å². The number of rotatable bonds is 10. The maximum absolute atomic E-state index is 16.6. The maximum Gasteiger partial charge on any atom is 0.300 e. The molecule has 0 aromatic heterocycles. The van der Waals surface area contributed by atoms with Crippen molar-refractivity contribution in [3.05, 3.63) is 101 Å². The van der Waals surface area contributed by atoms with E-state index < -0.39 is 41.2 Å². The van der Waals surface area contributed by atoms with E-state index >= 15 is 8.78 Å². The zero-order valence-electron chi connectivity index (χ0n) is 27.2. The summed E-state index contributed by atoms with van der Waals surface area (Å²) >= 11 is 6.01. The number of nitrogens with one attached hydrogen (secondary N) is 1. The average molecular weight is 687 g/mol. The molecule has 4 aromatic rings. The number of aliphatic hydroxyl groups excluding tert-OH is 1. The van der Waals surface area contributed by atoms with Crippen molar-refractivity contribution < 1.29 is 28.2 Å². The molecule has 2 bridgehead atoms. The topological polar surface area (TPSA) is 102 Å². The average Bonchev–Trinajstić information content (AvgIpc) is 3.71. The molecule has 1 amide bonds. The van der Waals surface area contributed by atoms with Gasteiger partial charge in [0.25, 0.3) is 11.8 Å². The minimum absolute atomic E-state index is 0.0735. The first-order valence-corrected chi connectivity index (χ1v) is 17.7. The van der Waals surface area contributed by atoms with E-state index in [1.54, 1.807) is 54.6 Å². The van der Waals surface area contributed by atoms with Crippen LogP contribution in [-0.4, -0.2) is 35.0 Å². The minimum atomic E-state index is -3.76. The molecule has 0 heterocycles. The van der Waals surface area contributed by atoms with Gasteiger partial charge in [-0.05, 0) is 121 Å². The van der Waals surface area contributed by atoms with Crippen LogP contribution in [-0.2, 0) is 15.5 Å². The number of alkyl halides is 2. The predicted octanol–water partition coefficient (Wildman–Crippen LogP) is 8.12. The summed E-state index contributed by atoms with van der Waals surface area (Å²) in [5, 5.41) is 15.7. The molecule has 3 saturated carbocycles. The number of halogens is 3. The summed E-state index contributed by atoms with van der Waals surface area (Å²) in [6.45, 7) is 0. The summed E-state index contributed by atoms with van der Waals surface area (Å²) in [4.78, 5) is 27.8. The Kier molecular flexibility index (Phi) is 9.48. The normalized spacial score (nSPS) is 23.7. The molecule has 3 aliphatic rings. The van der Waals surface area contributed by atoms with Gasteiger partial charge in [-0.1, -0.05) is 66.2 Å². The fraction of sp³-hybridized carbons (Fsp3) is 0.400. The van der Waals surface area contributed by atoms with Crippen molar-refractivity contribution in [1.29, 1.82) is 0 Å². The van der Waals surface area contributed by atoms with Gasteiger partial charge in [-0.2, -0.15) is 8.78 Å². The molecule has 3 aliphatic carbocycles. The number of fused-ring (bicyclic) bond motifs is 3. The molecule has 9 heteroatoms. The third kappa shape index (κ3) is 6.96. The zero-order chi connectivity index (χ0) is 34.3. The Morgan fingerprint density at radius 2 is 1.43 bits per heavy atom. The number of hydrogen-bond acceptors (Lipinski definition) is 5. The summed E-state index contributed by atoms with van der Waals surface area (Å²) in [6, 6.07) is 21.1. The van der Waals surface area contributed by atoms with Crippen LogP contribution in [0.2, 0.25) is 5.02 Å². The lowest BCUT2D eigenvalue weighted by atomic mass is 9.72. The molecule has 0 saturated heterocycles. The van der Waals surface area contributed by atoms with Crippen molar-refractivity contribution in [1.82, 2.24) is 5.32 Å². The van der Waals surface area contributed by atoms with Crippen LogP contribution in [0.15, 0.2) is 84.9 Å². The molecule has 4 atom stereocenters. The number of ether oxygens (including phenoxy) is 1. The number of benzene rings is 4. The first-order chi connectivity index (χ1) is 23.6. The summed E-state index contributed by atoms with van der Waals surface area (Å²) < 4.78 is 39.3. The summed E-state index contributed by atoms with van der Waals surface area (Å²) in [5.41, 5.74) is 7.56. The first kappa shape index (κ1) is 33.6. The standard InChI is InChI=1S/C40H41ClF2N2O4/c41-31-16-11-24(12-17-31)23-9-14-30(15-10-23)40(42,43)38(37(47)35-27-6-7-28(35)21-32(44)20-27)45-39(48)36(46)29-8-5-26-22-34(18-13-25(26)19-29)49-33-3-1-2-4-33/h5,8-19,22,27-28,32-33,35-36,38,46H,1-4,6-7,20-21,44H2,(H,45,48)/t27?,28?,32?,35?,36-,38+/m1/s1. The monoisotopic (exact) mass is 686 g/mol. The molecule has 0 radical (unpaired) electrons. The Balaban J connectivity index is 1.14. The van der Waals surface area contributed by atoms with E-state index in [1.165, 1.54) is 12.1 Å². The molecule has 7 rings (SSSR count). The van der Waals surface area contributed by atoms with Gasteiger partial charge in [-0.15, -0.1) is 0 Å². The SMILES string of the molecule is NC1CC2CCC(C1)C2C(=O)[C@H](NC(=O)[C@H](O)c1ccc2cc(OC3CCCC3)ccc2c1)C(F)(F)c1ccc(-c2ccc(Cl)cc2)cc1. The van der Waals surface area contributed by atoms with Gasteiger partial charge in [-0.25, -0.2) is 0 Å². The fourth-order valence-electron chi connectivity index (χ4n) is 8.32. The number of hydrogen-bond donors (Lipinski definition) is 3. The van der Waals surface area contributed by atoms with Gasteiger partial charge in [0.2, 0.25) is 0 Å². The van der Waals surface area contributed by atoms with E-state index in [9.17, 15) is 14.7 Å². The molecular weight excluding hydrogens is 646 g/mol. The van der Waals surface area contributed by atoms with Crippen molar-refractivity contribution in [3.8, 4) is 16.9 Å². The van der Waals surface area contributed by atoms with Crippen LogP contribution >= 0.6 is 11.6 Å². The summed E-state index contributed by atoms with van der Waals surface area (Å²) in [6.07, 6.45) is 5.47.